The molecule has 0 bridgehead atoms. The molecule has 0 radical (unpaired) electrons. The standard InChI is InChI=1S/C14H23N3O2/c1-14(6-3-7-19-14)10-17-12(8-15)11-4-5-13(18-2)16-9-11/h4-5,9,12,17H,3,6-8,10,15H2,1-2H3. The second kappa shape index (κ2) is 6.32. The Kier molecular flexibility index (Phi) is 4.74. The quantitative estimate of drug-likeness (QED) is 0.810. The highest BCUT2D eigenvalue weighted by Crippen LogP contribution is 2.25. The molecular formula is C14H23N3O2. The van der Waals surface area contributed by atoms with Gasteiger partial charge in [0.25, 0.3) is 0 Å². The fourth-order valence-corrected chi connectivity index (χ4v) is 2.37. The highest BCUT2D eigenvalue weighted by atomic mass is 16.5. The molecule has 3 N–H and O–H groups in total. The van der Waals surface area contributed by atoms with Gasteiger partial charge in [-0.3, -0.25) is 0 Å². The largest absolute Gasteiger partial charge is 0.481 e. The summed E-state index contributed by atoms with van der Waals surface area (Å²) in [6.45, 7) is 4.34. The molecule has 0 amide bonds. The van der Waals surface area contributed by atoms with Crippen molar-refractivity contribution < 1.29 is 9.47 Å². The maximum absolute atomic E-state index is 5.84. The van der Waals surface area contributed by atoms with E-state index in [1.807, 2.05) is 12.1 Å². The van der Waals surface area contributed by atoms with Crippen molar-refractivity contribution in [2.24, 2.45) is 5.73 Å². The highest BCUT2D eigenvalue weighted by molar-refractivity contribution is 5.21. The van der Waals surface area contributed by atoms with Gasteiger partial charge in [0.2, 0.25) is 5.88 Å². The second-order valence-electron chi connectivity index (χ2n) is 5.21. The fourth-order valence-electron chi connectivity index (χ4n) is 2.37. The van der Waals surface area contributed by atoms with Gasteiger partial charge in [-0.05, 0) is 25.3 Å². The summed E-state index contributed by atoms with van der Waals surface area (Å²) < 4.78 is 10.8. The van der Waals surface area contributed by atoms with Crippen molar-refractivity contribution in [3.05, 3.63) is 23.9 Å². The maximum Gasteiger partial charge on any atom is 0.212 e. The molecule has 0 aliphatic carbocycles. The molecule has 19 heavy (non-hydrogen) atoms. The molecule has 0 saturated carbocycles. The fraction of sp³-hybridized carbons (Fsp3) is 0.643. The number of nitrogens with one attached hydrogen (secondary N) is 1. The minimum atomic E-state index is -0.0622. The number of rotatable bonds is 6. The van der Waals surface area contributed by atoms with E-state index >= 15 is 0 Å². The van der Waals surface area contributed by atoms with Crippen LogP contribution >= 0.6 is 0 Å². The summed E-state index contributed by atoms with van der Waals surface area (Å²) in [5.74, 6) is 0.616. The third-order valence-electron chi connectivity index (χ3n) is 3.63. The summed E-state index contributed by atoms with van der Waals surface area (Å²) in [4.78, 5) is 4.21. The van der Waals surface area contributed by atoms with Gasteiger partial charge in [-0.25, -0.2) is 4.98 Å². The van der Waals surface area contributed by atoms with Gasteiger partial charge in [0, 0.05) is 38.0 Å². The van der Waals surface area contributed by atoms with Crippen molar-refractivity contribution >= 4 is 0 Å². The van der Waals surface area contributed by atoms with E-state index in [1.165, 1.54) is 0 Å². The Labute approximate surface area is 114 Å². The molecule has 5 nitrogen and oxygen atoms in total. The van der Waals surface area contributed by atoms with Crippen LogP contribution in [0.3, 0.4) is 0 Å². The molecule has 2 heterocycles. The molecule has 2 rings (SSSR count). The van der Waals surface area contributed by atoms with E-state index in [9.17, 15) is 0 Å². The predicted molar refractivity (Wildman–Crippen MR) is 74.2 cm³/mol. The predicted octanol–water partition coefficient (Wildman–Crippen LogP) is 1.25. The van der Waals surface area contributed by atoms with Crippen LogP contribution in [-0.2, 0) is 4.74 Å². The zero-order valence-corrected chi connectivity index (χ0v) is 11.7. The number of hydrogen-bond donors (Lipinski definition) is 2. The first-order valence-electron chi connectivity index (χ1n) is 6.74. The van der Waals surface area contributed by atoms with Gasteiger partial charge in [0.15, 0.2) is 0 Å². The molecule has 1 aliphatic heterocycles. The Hall–Kier alpha value is -1.17. The molecule has 1 aromatic rings. The van der Waals surface area contributed by atoms with Crippen molar-refractivity contribution in [1.82, 2.24) is 10.3 Å². The highest BCUT2D eigenvalue weighted by Gasteiger charge is 2.30. The molecule has 0 spiro atoms. The van der Waals surface area contributed by atoms with Crippen LogP contribution in [-0.4, -0.2) is 37.4 Å². The average Bonchev–Trinajstić information content (AvgIpc) is 2.87. The lowest BCUT2D eigenvalue weighted by Gasteiger charge is -2.27. The van der Waals surface area contributed by atoms with Gasteiger partial charge in [0.05, 0.1) is 12.7 Å². The molecule has 1 aliphatic rings. The first-order valence-corrected chi connectivity index (χ1v) is 6.74. The third kappa shape index (κ3) is 3.65. The van der Waals surface area contributed by atoms with Crippen molar-refractivity contribution in [2.75, 3.05) is 26.8 Å². The molecule has 1 aromatic heterocycles. The SMILES string of the molecule is COc1ccc(C(CN)NCC2(C)CCCO2)cn1. The molecule has 1 saturated heterocycles. The first-order chi connectivity index (χ1) is 9.17. The van der Waals surface area contributed by atoms with Crippen LogP contribution < -0.4 is 15.8 Å². The Bertz CT molecular complexity index is 388. The molecule has 2 unspecified atom stereocenters. The van der Waals surface area contributed by atoms with E-state index < -0.39 is 0 Å². The normalized spacial score (nSPS) is 24.4. The smallest absolute Gasteiger partial charge is 0.212 e. The van der Waals surface area contributed by atoms with Crippen molar-refractivity contribution in [3.63, 3.8) is 0 Å². The summed E-state index contributed by atoms with van der Waals surface area (Å²) in [5, 5.41) is 3.47. The van der Waals surface area contributed by atoms with Gasteiger partial charge >= 0.3 is 0 Å². The number of ether oxygens (including phenoxy) is 2. The monoisotopic (exact) mass is 265 g/mol. The van der Waals surface area contributed by atoms with Crippen LogP contribution in [0.4, 0.5) is 0 Å². The van der Waals surface area contributed by atoms with E-state index in [0.717, 1.165) is 31.6 Å². The zero-order valence-electron chi connectivity index (χ0n) is 11.7. The molecule has 106 valence electrons. The second-order valence-corrected chi connectivity index (χ2v) is 5.21. The molecule has 0 aromatic carbocycles. The van der Waals surface area contributed by atoms with Gasteiger partial charge in [-0.2, -0.15) is 0 Å². The zero-order chi connectivity index (χ0) is 13.7. The Morgan fingerprint density at radius 3 is 2.95 bits per heavy atom. The summed E-state index contributed by atoms with van der Waals surface area (Å²) in [6.07, 6.45) is 4.04. The van der Waals surface area contributed by atoms with E-state index in [0.29, 0.717) is 12.4 Å². The van der Waals surface area contributed by atoms with Crippen LogP contribution in [0, 0.1) is 0 Å². The number of methoxy groups -OCH3 is 1. The molecule has 2 atom stereocenters. The van der Waals surface area contributed by atoms with E-state index in [-0.39, 0.29) is 11.6 Å². The van der Waals surface area contributed by atoms with Crippen LogP contribution in [0.2, 0.25) is 0 Å². The maximum atomic E-state index is 5.84. The lowest BCUT2D eigenvalue weighted by Crippen LogP contribution is -2.41. The van der Waals surface area contributed by atoms with Crippen LogP contribution in [0.15, 0.2) is 18.3 Å². The van der Waals surface area contributed by atoms with E-state index in [2.05, 4.69) is 17.2 Å². The first kappa shape index (κ1) is 14.2. The number of pyridine rings is 1. The molecule has 1 fully saturated rings. The number of aromatic nitrogens is 1. The number of nitrogens with two attached hydrogens (primary N) is 1. The number of nitrogens with zero attached hydrogens (tertiary/aromatic N) is 1. The Morgan fingerprint density at radius 1 is 1.58 bits per heavy atom. The van der Waals surface area contributed by atoms with Crippen molar-refractivity contribution in [2.45, 2.75) is 31.4 Å². The van der Waals surface area contributed by atoms with Gasteiger partial charge in [-0.1, -0.05) is 6.07 Å². The van der Waals surface area contributed by atoms with Crippen LogP contribution in [0.5, 0.6) is 5.88 Å². The minimum Gasteiger partial charge on any atom is -0.481 e. The van der Waals surface area contributed by atoms with Gasteiger partial charge in [-0.15, -0.1) is 0 Å². The summed E-state index contributed by atoms with van der Waals surface area (Å²) in [6, 6.07) is 3.95. The summed E-state index contributed by atoms with van der Waals surface area (Å²) in [5.41, 5.74) is 6.85. The molecule has 5 heteroatoms. The van der Waals surface area contributed by atoms with Crippen molar-refractivity contribution in [3.8, 4) is 5.88 Å². The van der Waals surface area contributed by atoms with Crippen LogP contribution in [0.25, 0.3) is 0 Å². The van der Waals surface area contributed by atoms with Gasteiger partial charge in [0.1, 0.15) is 0 Å². The Morgan fingerprint density at radius 2 is 2.42 bits per heavy atom. The lowest BCUT2D eigenvalue weighted by molar-refractivity contribution is 0.0189. The third-order valence-corrected chi connectivity index (χ3v) is 3.63. The average molecular weight is 265 g/mol. The lowest BCUT2D eigenvalue weighted by atomic mass is 10.0. The van der Waals surface area contributed by atoms with Gasteiger partial charge < -0.3 is 20.5 Å². The van der Waals surface area contributed by atoms with Crippen molar-refractivity contribution in [1.29, 1.82) is 0 Å². The minimum absolute atomic E-state index is 0.0622. The topological polar surface area (TPSA) is 69.4 Å². The summed E-state index contributed by atoms with van der Waals surface area (Å²) in [7, 11) is 1.61. The van der Waals surface area contributed by atoms with E-state index in [1.54, 1.807) is 13.3 Å². The van der Waals surface area contributed by atoms with Crippen LogP contribution in [0.1, 0.15) is 31.4 Å². The summed E-state index contributed by atoms with van der Waals surface area (Å²) >= 11 is 0. The number of hydrogen-bond acceptors (Lipinski definition) is 5. The molecular weight excluding hydrogens is 242 g/mol. The Balaban J connectivity index is 1.95. The van der Waals surface area contributed by atoms with E-state index in [4.69, 9.17) is 15.2 Å².